The number of hydrogen-bond donors (Lipinski definition) is 1. The highest BCUT2D eigenvalue weighted by Crippen LogP contribution is 2.26. The number of nitrogens with one attached hydrogen (secondary N) is 1. The summed E-state index contributed by atoms with van der Waals surface area (Å²) in [6, 6.07) is 1.59. The van der Waals surface area contributed by atoms with Gasteiger partial charge in [-0.1, -0.05) is 0 Å². The van der Waals surface area contributed by atoms with Gasteiger partial charge in [-0.15, -0.1) is 11.3 Å². The van der Waals surface area contributed by atoms with Crippen LogP contribution in [0.1, 0.15) is 51.1 Å². The van der Waals surface area contributed by atoms with Crippen molar-refractivity contribution in [3.8, 4) is 0 Å². The van der Waals surface area contributed by atoms with Crippen LogP contribution in [0.2, 0.25) is 0 Å². The van der Waals surface area contributed by atoms with E-state index in [1.165, 1.54) is 11.3 Å². The van der Waals surface area contributed by atoms with Crippen molar-refractivity contribution in [2.24, 2.45) is 0 Å². The zero-order chi connectivity index (χ0) is 17.9. The number of rotatable bonds is 5. The van der Waals surface area contributed by atoms with E-state index >= 15 is 0 Å². The molecule has 2 aromatic rings. The summed E-state index contributed by atoms with van der Waals surface area (Å²) in [5.41, 5.74) is 2.31. The monoisotopic (exact) mass is 353 g/mol. The molecule has 1 unspecified atom stereocenters. The van der Waals surface area contributed by atoms with Crippen molar-refractivity contribution in [3.05, 3.63) is 17.3 Å². The fourth-order valence-electron chi connectivity index (χ4n) is 2.28. The number of thiazole rings is 1. The minimum absolute atomic E-state index is 0.184. The van der Waals surface area contributed by atoms with Gasteiger partial charge in [0.1, 0.15) is 11.3 Å². The Balaban J connectivity index is 2.17. The Morgan fingerprint density at radius 3 is 2.75 bits per heavy atom. The third-order valence-corrected chi connectivity index (χ3v) is 3.96. The summed E-state index contributed by atoms with van der Waals surface area (Å²) in [6.07, 6.45) is -0.492. The summed E-state index contributed by atoms with van der Waals surface area (Å²) in [4.78, 5) is 28.3. The van der Waals surface area contributed by atoms with Crippen molar-refractivity contribution in [3.63, 3.8) is 0 Å². The van der Waals surface area contributed by atoms with E-state index in [1.54, 1.807) is 43.8 Å². The van der Waals surface area contributed by atoms with Crippen molar-refractivity contribution < 1.29 is 19.1 Å². The first kappa shape index (κ1) is 18.3. The molecule has 2 aromatic heterocycles. The van der Waals surface area contributed by atoms with Gasteiger partial charge in [-0.05, 0) is 40.7 Å². The second kappa shape index (κ2) is 7.21. The standard InChI is InChI=1S/C16H23N3O4S/c1-6-22-14(20)11-7-12-13(18-9-24-12)19(11)10(2)8-17-15(21)23-16(3,4)5/h7,9-10H,6,8H2,1-5H3,(H,17,21). The Morgan fingerprint density at radius 2 is 2.12 bits per heavy atom. The summed E-state index contributed by atoms with van der Waals surface area (Å²) in [5, 5.41) is 2.72. The molecule has 0 saturated carbocycles. The van der Waals surface area contributed by atoms with Crippen molar-refractivity contribution in [2.75, 3.05) is 13.2 Å². The van der Waals surface area contributed by atoms with Gasteiger partial charge < -0.3 is 19.4 Å². The lowest BCUT2D eigenvalue weighted by Gasteiger charge is -2.22. The van der Waals surface area contributed by atoms with Gasteiger partial charge in [-0.2, -0.15) is 0 Å². The van der Waals surface area contributed by atoms with Crippen molar-refractivity contribution in [1.29, 1.82) is 0 Å². The number of alkyl carbamates (subject to hydrolysis) is 1. The predicted molar refractivity (Wildman–Crippen MR) is 92.5 cm³/mol. The number of amides is 1. The smallest absolute Gasteiger partial charge is 0.407 e. The van der Waals surface area contributed by atoms with Gasteiger partial charge in [0.15, 0.2) is 5.65 Å². The number of ether oxygens (including phenoxy) is 2. The highest BCUT2D eigenvalue weighted by atomic mass is 32.1. The molecule has 0 aliphatic heterocycles. The van der Waals surface area contributed by atoms with Crippen molar-refractivity contribution >= 4 is 33.7 Å². The van der Waals surface area contributed by atoms with E-state index in [9.17, 15) is 9.59 Å². The molecule has 1 amide bonds. The maximum atomic E-state index is 12.2. The first-order valence-electron chi connectivity index (χ1n) is 7.81. The minimum atomic E-state index is -0.557. The number of hydrogen-bond acceptors (Lipinski definition) is 6. The second-order valence-electron chi connectivity index (χ2n) is 6.39. The number of carbonyl (C=O) groups excluding carboxylic acids is 2. The number of nitrogens with zero attached hydrogens (tertiary/aromatic N) is 2. The molecule has 0 aliphatic carbocycles. The van der Waals surface area contributed by atoms with Crippen LogP contribution in [0, 0.1) is 0 Å². The van der Waals surface area contributed by atoms with Gasteiger partial charge >= 0.3 is 12.1 Å². The maximum Gasteiger partial charge on any atom is 0.407 e. The molecule has 0 saturated heterocycles. The highest BCUT2D eigenvalue weighted by Gasteiger charge is 2.23. The van der Waals surface area contributed by atoms with Gasteiger partial charge in [-0.25, -0.2) is 14.6 Å². The van der Waals surface area contributed by atoms with Crippen LogP contribution >= 0.6 is 11.3 Å². The van der Waals surface area contributed by atoms with Gasteiger partial charge in [0.2, 0.25) is 0 Å². The Hall–Kier alpha value is -2.09. The normalized spacial score (nSPS) is 12.9. The summed E-state index contributed by atoms with van der Waals surface area (Å²) >= 11 is 1.46. The van der Waals surface area contributed by atoms with Gasteiger partial charge in [0.25, 0.3) is 0 Å². The first-order valence-corrected chi connectivity index (χ1v) is 8.69. The van der Waals surface area contributed by atoms with Crippen LogP contribution in [0.15, 0.2) is 11.6 Å². The van der Waals surface area contributed by atoms with E-state index in [4.69, 9.17) is 9.47 Å². The van der Waals surface area contributed by atoms with E-state index < -0.39 is 17.7 Å². The van der Waals surface area contributed by atoms with Crippen molar-refractivity contribution in [2.45, 2.75) is 46.3 Å². The minimum Gasteiger partial charge on any atom is -0.461 e. The molecule has 0 radical (unpaired) electrons. The molecule has 2 heterocycles. The number of aromatic nitrogens is 2. The average molecular weight is 353 g/mol. The zero-order valence-electron chi connectivity index (χ0n) is 14.6. The molecule has 2 rings (SSSR count). The topological polar surface area (TPSA) is 82.5 Å². The van der Waals surface area contributed by atoms with Crippen LogP contribution in [-0.4, -0.2) is 40.4 Å². The van der Waals surface area contributed by atoms with E-state index in [0.717, 1.165) is 4.70 Å². The lowest BCUT2D eigenvalue weighted by Crippen LogP contribution is -2.35. The lowest BCUT2D eigenvalue weighted by molar-refractivity contribution is 0.0512. The van der Waals surface area contributed by atoms with Gasteiger partial charge in [0.05, 0.1) is 22.9 Å². The summed E-state index contributed by atoms with van der Waals surface area (Å²) in [7, 11) is 0. The highest BCUT2D eigenvalue weighted by molar-refractivity contribution is 7.16. The molecule has 0 fully saturated rings. The Kier molecular flexibility index (Phi) is 5.48. The SMILES string of the molecule is CCOC(=O)c1cc2scnc2n1C(C)CNC(=O)OC(C)(C)C. The van der Waals surface area contributed by atoms with Crippen molar-refractivity contribution in [1.82, 2.24) is 14.9 Å². The van der Waals surface area contributed by atoms with E-state index in [1.807, 2.05) is 6.92 Å². The van der Waals surface area contributed by atoms with Crippen LogP contribution in [0.5, 0.6) is 0 Å². The molecule has 132 valence electrons. The third kappa shape index (κ3) is 4.25. The lowest BCUT2D eigenvalue weighted by atomic mass is 10.2. The second-order valence-corrected chi connectivity index (χ2v) is 7.28. The zero-order valence-corrected chi connectivity index (χ0v) is 15.4. The number of carbonyl (C=O) groups is 2. The van der Waals surface area contributed by atoms with Crippen LogP contribution < -0.4 is 5.32 Å². The Morgan fingerprint density at radius 1 is 1.42 bits per heavy atom. The fourth-order valence-corrected chi connectivity index (χ4v) is 2.98. The van der Waals surface area contributed by atoms with Gasteiger partial charge in [-0.3, -0.25) is 0 Å². The fraction of sp³-hybridized carbons (Fsp3) is 0.562. The number of fused-ring (bicyclic) bond motifs is 1. The molecule has 0 bridgehead atoms. The largest absolute Gasteiger partial charge is 0.461 e. The van der Waals surface area contributed by atoms with E-state index in [2.05, 4.69) is 10.3 Å². The molecular formula is C16H23N3O4S. The Bertz CT molecular complexity index is 729. The summed E-state index contributed by atoms with van der Waals surface area (Å²) in [5.74, 6) is -0.396. The molecule has 1 N–H and O–H groups in total. The molecule has 0 aliphatic rings. The van der Waals surface area contributed by atoms with E-state index in [-0.39, 0.29) is 6.04 Å². The van der Waals surface area contributed by atoms with Crippen LogP contribution in [0.25, 0.3) is 10.3 Å². The quantitative estimate of drug-likeness (QED) is 0.834. The van der Waals surface area contributed by atoms with Gasteiger partial charge in [0, 0.05) is 6.54 Å². The molecule has 0 aromatic carbocycles. The molecule has 1 atom stereocenters. The third-order valence-electron chi connectivity index (χ3n) is 3.20. The van der Waals surface area contributed by atoms with E-state index in [0.29, 0.717) is 24.5 Å². The maximum absolute atomic E-state index is 12.2. The number of esters is 1. The average Bonchev–Trinajstić information content (AvgIpc) is 3.03. The molecule has 7 nitrogen and oxygen atoms in total. The molecule has 24 heavy (non-hydrogen) atoms. The molecular weight excluding hydrogens is 330 g/mol. The Labute approximate surface area is 145 Å². The summed E-state index contributed by atoms with van der Waals surface area (Å²) < 4.78 is 13.0. The summed E-state index contributed by atoms with van der Waals surface area (Å²) in [6.45, 7) is 9.69. The predicted octanol–water partition coefficient (Wildman–Crippen LogP) is 3.36. The van der Waals surface area contributed by atoms with Crippen LogP contribution in [0.4, 0.5) is 4.79 Å². The molecule has 0 spiro atoms. The van der Waals surface area contributed by atoms with Crippen LogP contribution in [0.3, 0.4) is 0 Å². The van der Waals surface area contributed by atoms with Crippen LogP contribution in [-0.2, 0) is 9.47 Å². The first-order chi connectivity index (χ1) is 11.2. The molecule has 8 heteroatoms.